The lowest BCUT2D eigenvalue weighted by atomic mass is 10.1. The summed E-state index contributed by atoms with van der Waals surface area (Å²) in [6, 6.07) is 9.30. The summed E-state index contributed by atoms with van der Waals surface area (Å²) in [5.41, 5.74) is 1.62. The summed E-state index contributed by atoms with van der Waals surface area (Å²) in [7, 11) is 0. The Morgan fingerprint density at radius 2 is 2.00 bits per heavy atom. The van der Waals surface area contributed by atoms with Crippen molar-refractivity contribution in [3.63, 3.8) is 0 Å². The zero-order valence-corrected chi connectivity index (χ0v) is 9.14. The molecule has 0 unspecified atom stereocenters. The third-order valence-corrected chi connectivity index (χ3v) is 1.82. The fourth-order valence-electron chi connectivity index (χ4n) is 1.09. The molecule has 0 saturated carbocycles. The standard InChI is InChI=1S/C12H12N2O2/c1-3-9-16-14-12(10(2)13-15)11-7-5-4-6-8-11/h4-8,15H,1-2H3/b13-10+,14-12-. The van der Waals surface area contributed by atoms with Crippen molar-refractivity contribution in [3.8, 4) is 12.0 Å². The maximum Gasteiger partial charge on any atom is 0.148 e. The van der Waals surface area contributed by atoms with Crippen molar-refractivity contribution in [2.24, 2.45) is 10.3 Å². The molecule has 0 heterocycles. The Hall–Kier alpha value is -2.28. The molecule has 0 aromatic heterocycles. The van der Waals surface area contributed by atoms with Crippen LogP contribution in [0.4, 0.5) is 0 Å². The molecule has 4 heteroatoms. The highest BCUT2D eigenvalue weighted by Gasteiger charge is 2.08. The molecule has 0 radical (unpaired) electrons. The third-order valence-electron chi connectivity index (χ3n) is 1.82. The Morgan fingerprint density at radius 3 is 2.56 bits per heavy atom. The molecule has 1 rings (SSSR count). The first-order chi connectivity index (χ1) is 7.79. The molecule has 16 heavy (non-hydrogen) atoms. The topological polar surface area (TPSA) is 54.2 Å². The van der Waals surface area contributed by atoms with Gasteiger partial charge in [-0.05, 0) is 6.92 Å². The van der Waals surface area contributed by atoms with E-state index in [4.69, 9.17) is 10.0 Å². The SMILES string of the molecule is CC#CO/N=C(/C(C)=N/O)c1ccccc1. The summed E-state index contributed by atoms with van der Waals surface area (Å²) < 4.78 is 0. The van der Waals surface area contributed by atoms with Crippen molar-refractivity contribution in [1.29, 1.82) is 0 Å². The minimum atomic E-state index is 0.365. The first-order valence-electron chi connectivity index (χ1n) is 4.69. The molecule has 0 bridgehead atoms. The second-order valence-corrected chi connectivity index (χ2v) is 2.93. The quantitative estimate of drug-likeness (QED) is 0.364. The Labute approximate surface area is 94.2 Å². The van der Waals surface area contributed by atoms with Crippen LogP contribution in [0.25, 0.3) is 0 Å². The normalized spacial score (nSPS) is 11.6. The van der Waals surface area contributed by atoms with E-state index in [1.165, 1.54) is 0 Å². The molecule has 0 aliphatic rings. The van der Waals surface area contributed by atoms with E-state index in [2.05, 4.69) is 22.3 Å². The minimum Gasteiger partial charge on any atom is -0.411 e. The van der Waals surface area contributed by atoms with Crippen LogP contribution in [0.1, 0.15) is 19.4 Å². The zero-order chi connectivity index (χ0) is 11.8. The van der Waals surface area contributed by atoms with Gasteiger partial charge in [0.15, 0.2) is 0 Å². The van der Waals surface area contributed by atoms with Gasteiger partial charge >= 0.3 is 0 Å². The summed E-state index contributed by atoms with van der Waals surface area (Å²) in [5.74, 6) is 2.55. The van der Waals surface area contributed by atoms with Gasteiger partial charge in [0.1, 0.15) is 17.5 Å². The molecule has 0 saturated heterocycles. The average Bonchev–Trinajstić information content (AvgIpc) is 2.35. The largest absolute Gasteiger partial charge is 0.411 e. The van der Waals surface area contributed by atoms with Crippen LogP contribution in [0.2, 0.25) is 0 Å². The smallest absolute Gasteiger partial charge is 0.148 e. The molecule has 1 aromatic rings. The van der Waals surface area contributed by atoms with Crippen molar-refractivity contribution in [2.75, 3.05) is 0 Å². The highest BCUT2D eigenvalue weighted by molar-refractivity contribution is 6.47. The van der Waals surface area contributed by atoms with E-state index in [1.54, 1.807) is 13.8 Å². The van der Waals surface area contributed by atoms with Gasteiger partial charge in [-0.25, -0.2) is 0 Å². The predicted octanol–water partition coefficient (Wildman–Crippen LogP) is 2.24. The molecule has 82 valence electrons. The molecule has 0 fully saturated rings. The second-order valence-electron chi connectivity index (χ2n) is 2.93. The number of benzene rings is 1. The molecular formula is C12H12N2O2. The van der Waals surface area contributed by atoms with Crippen LogP contribution < -0.4 is 0 Å². The lowest BCUT2D eigenvalue weighted by molar-refractivity contribution is 0.298. The monoisotopic (exact) mass is 216 g/mol. The number of hydrogen-bond acceptors (Lipinski definition) is 4. The predicted molar refractivity (Wildman–Crippen MR) is 62.4 cm³/mol. The van der Waals surface area contributed by atoms with E-state index in [9.17, 15) is 0 Å². The molecule has 1 aromatic carbocycles. The zero-order valence-electron chi connectivity index (χ0n) is 9.14. The molecular weight excluding hydrogens is 204 g/mol. The van der Waals surface area contributed by atoms with Gasteiger partial charge in [0, 0.05) is 12.5 Å². The van der Waals surface area contributed by atoms with Crippen molar-refractivity contribution in [1.82, 2.24) is 0 Å². The van der Waals surface area contributed by atoms with Gasteiger partial charge in [0.05, 0.1) is 0 Å². The van der Waals surface area contributed by atoms with Crippen molar-refractivity contribution in [2.45, 2.75) is 13.8 Å². The number of nitrogens with zero attached hydrogens (tertiary/aromatic N) is 2. The summed E-state index contributed by atoms with van der Waals surface area (Å²) in [4.78, 5) is 4.76. The van der Waals surface area contributed by atoms with E-state index in [0.29, 0.717) is 11.4 Å². The summed E-state index contributed by atoms with van der Waals surface area (Å²) in [5, 5.41) is 15.6. The molecule has 0 amide bonds. The van der Waals surface area contributed by atoms with Crippen LogP contribution in [0.15, 0.2) is 40.6 Å². The Bertz CT molecular complexity index is 453. The summed E-state index contributed by atoms with van der Waals surface area (Å²) in [6.45, 7) is 3.28. The Balaban J connectivity index is 3.05. The van der Waals surface area contributed by atoms with Gasteiger partial charge in [-0.3, -0.25) is 0 Å². The molecule has 1 N–H and O–H groups in total. The Kier molecular flexibility index (Phi) is 4.61. The van der Waals surface area contributed by atoms with Gasteiger partial charge in [-0.2, -0.15) is 0 Å². The van der Waals surface area contributed by atoms with E-state index in [0.717, 1.165) is 5.56 Å². The van der Waals surface area contributed by atoms with Crippen molar-refractivity contribution < 1.29 is 10.0 Å². The molecule has 0 atom stereocenters. The fourth-order valence-corrected chi connectivity index (χ4v) is 1.09. The van der Waals surface area contributed by atoms with Gasteiger partial charge in [0.2, 0.25) is 0 Å². The first kappa shape index (κ1) is 11.8. The Morgan fingerprint density at radius 1 is 1.31 bits per heavy atom. The van der Waals surface area contributed by atoms with Crippen molar-refractivity contribution >= 4 is 11.4 Å². The molecule has 0 aliphatic carbocycles. The van der Waals surface area contributed by atoms with Crippen molar-refractivity contribution in [3.05, 3.63) is 35.9 Å². The van der Waals surface area contributed by atoms with Gasteiger partial charge in [-0.15, -0.1) is 0 Å². The summed E-state index contributed by atoms with van der Waals surface area (Å²) in [6.07, 6.45) is 2.35. The number of hydrogen-bond donors (Lipinski definition) is 1. The maximum atomic E-state index is 8.74. The van der Waals surface area contributed by atoms with Crippen LogP contribution in [0.5, 0.6) is 0 Å². The summed E-state index contributed by atoms with van der Waals surface area (Å²) >= 11 is 0. The minimum absolute atomic E-state index is 0.365. The molecule has 4 nitrogen and oxygen atoms in total. The number of oxime groups is 2. The van der Waals surface area contributed by atoms with Crippen LogP contribution >= 0.6 is 0 Å². The average molecular weight is 216 g/mol. The van der Waals surface area contributed by atoms with Gasteiger partial charge < -0.3 is 10.0 Å². The van der Waals surface area contributed by atoms with Gasteiger partial charge in [-0.1, -0.05) is 46.6 Å². The van der Waals surface area contributed by atoms with Crippen LogP contribution in [0.3, 0.4) is 0 Å². The number of rotatable bonds is 3. The van der Waals surface area contributed by atoms with Gasteiger partial charge in [0.25, 0.3) is 0 Å². The fraction of sp³-hybridized carbons (Fsp3) is 0.167. The first-order valence-corrected chi connectivity index (χ1v) is 4.69. The second kappa shape index (κ2) is 6.25. The lowest BCUT2D eigenvalue weighted by Crippen LogP contribution is -2.12. The highest BCUT2D eigenvalue weighted by Crippen LogP contribution is 2.03. The molecule has 0 spiro atoms. The lowest BCUT2D eigenvalue weighted by Gasteiger charge is -2.02. The maximum absolute atomic E-state index is 8.74. The molecule has 0 aliphatic heterocycles. The van der Waals surface area contributed by atoms with Crippen LogP contribution in [0, 0.1) is 12.0 Å². The van der Waals surface area contributed by atoms with Crippen LogP contribution in [-0.4, -0.2) is 16.6 Å². The van der Waals surface area contributed by atoms with Crippen LogP contribution in [-0.2, 0) is 4.84 Å². The van der Waals surface area contributed by atoms with E-state index >= 15 is 0 Å². The third kappa shape index (κ3) is 3.14. The van der Waals surface area contributed by atoms with E-state index < -0.39 is 0 Å². The highest BCUT2D eigenvalue weighted by atomic mass is 16.6. The van der Waals surface area contributed by atoms with E-state index in [1.807, 2.05) is 30.3 Å². The van der Waals surface area contributed by atoms with E-state index in [-0.39, 0.29) is 0 Å².